The molecule has 0 bridgehead atoms. The van der Waals surface area contributed by atoms with Crippen molar-refractivity contribution >= 4 is 34.9 Å². The summed E-state index contributed by atoms with van der Waals surface area (Å²) in [4.78, 5) is 38.5. The number of allylic oxidation sites excluding steroid dienone is 1. The summed E-state index contributed by atoms with van der Waals surface area (Å²) in [5.41, 5.74) is 2.36. The quantitative estimate of drug-likeness (QED) is 0.385. The number of hydrazine groups is 1. The number of ether oxygens (including phenoxy) is 1. The van der Waals surface area contributed by atoms with Crippen LogP contribution in [0, 0.1) is 0 Å². The molecule has 3 aromatic rings. The van der Waals surface area contributed by atoms with Crippen LogP contribution in [0.15, 0.2) is 97.2 Å². The van der Waals surface area contributed by atoms with Gasteiger partial charge in [-0.1, -0.05) is 72.9 Å². The summed E-state index contributed by atoms with van der Waals surface area (Å²) in [5, 5.41) is 2.44. The zero-order chi connectivity index (χ0) is 24.1. The van der Waals surface area contributed by atoms with Crippen LogP contribution in [0.4, 0.5) is 0 Å². The van der Waals surface area contributed by atoms with Crippen LogP contribution >= 0.6 is 12.2 Å². The maximum Gasteiger partial charge on any atom is 0.339 e. The van der Waals surface area contributed by atoms with E-state index in [2.05, 4.69) is 0 Å². The maximum atomic E-state index is 12.9. The van der Waals surface area contributed by atoms with Gasteiger partial charge in [0, 0.05) is 23.7 Å². The lowest BCUT2D eigenvalue weighted by atomic mass is 10.0. The monoisotopic (exact) mass is 470 g/mol. The standard InChI is InChI=1S/C27H22N2O4S/c1-28(29-17-16-23(34)18-24(29)30)26(31)21-12-14-22(15-13-21)27(32)33-25(19-8-4-2-5-9-19)20-10-6-3-7-11-20/h2-17,25H,18H2,1H3. The molecule has 0 aliphatic carbocycles. The van der Waals surface area contributed by atoms with Crippen LogP contribution in [-0.2, 0) is 9.53 Å². The van der Waals surface area contributed by atoms with Crippen LogP contribution in [-0.4, -0.2) is 39.7 Å². The average molecular weight is 471 g/mol. The van der Waals surface area contributed by atoms with E-state index in [4.69, 9.17) is 17.0 Å². The molecule has 1 aliphatic rings. The first-order chi connectivity index (χ1) is 16.4. The zero-order valence-corrected chi connectivity index (χ0v) is 19.3. The molecule has 6 nitrogen and oxygen atoms in total. The number of hydrogen-bond acceptors (Lipinski definition) is 5. The van der Waals surface area contributed by atoms with Gasteiger partial charge in [0.15, 0.2) is 6.10 Å². The second-order valence-electron chi connectivity index (χ2n) is 7.71. The number of nitrogens with zero attached hydrogens (tertiary/aromatic N) is 2. The molecule has 0 unspecified atom stereocenters. The van der Waals surface area contributed by atoms with E-state index in [1.54, 1.807) is 18.2 Å². The highest BCUT2D eigenvalue weighted by Gasteiger charge is 2.25. The Morgan fingerprint density at radius 2 is 1.41 bits per heavy atom. The van der Waals surface area contributed by atoms with Crippen molar-refractivity contribution in [3.8, 4) is 0 Å². The van der Waals surface area contributed by atoms with Crippen LogP contribution in [0.1, 0.15) is 44.4 Å². The molecule has 170 valence electrons. The van der Waals surface area contributed by atoms with Gasteiger partial charge in [0.2, 0.25) is 0 Å². The fraction of sp³-hybridized carbons (Fsp3) is 0.111. The van der Waals surface area contributed by atoms with Crippen molar-refractivity contribution < 1.29 is 19.1 Å². The molecule has 3 aromatic carbocycles. The Kier molecular flexibility index (Phi) is 6.94. The molecule has 0 N–H and O–H groups in total. The van der Waals surface area contributed by atoms with Gasteiger partial charge in [-0.25, -0.2) is 14.8 Å². The minimum atomic E-state index is -0.565. The number of benzene rings is 3. The highest BCUT2D eigenvalue weighted by Crippen LogP contribution is 2.27. The number of rotatable bonds is 6. The summed E-state index contributed by atoms with van der Waals surface area (Å²) in [6, 6.07) is 25.2. The largest absolute Gasteiger partial charge is 0.449 e. The Morgan fingerprint density at radius 1 is 0.882 bits per heavy atom. The average Bonchev–Trinajstić information content (AvgIpc) is 2.87. The van der Waals surface area contributed by atoms with Crippen LogP contribution < -0.4 is 0 Å². The number of thiocarbonyl (C=S) groups is 1. The first-order valence-electron chi connectivity index (χ1n) is 10.7. The lowest BCUT2D eigenvalue weighted by molar-refractivity contribution is -0.136. The molecule has 0 saturated heterocycles. The maximum absolute atomic E-state index is 12.9. The Morgan fingerprint density at radius 3 is 1.94 bits per heavy atom. The van der Waals surface area contributed by atoms with Gasteiger partial charge in [0.05, 0.1) is 12.0 Å². The molecule has 34 heavy (non-hydrogen) atoms. The van der Waals surface area contributed by atoms with Crippen molar-refractivity contribution in [3.05, 3.63) is 119 Å². The molecular weight excluding hydrogens is 448 g/mol. The third kappa shape index (κ3) is 5.10. The molecule has 0 saturated carbocycles. The number of esters is 1. The Hall–Kier alpha value is -4.10. The Bertz CT molecular complexity index is 1200. The van der Waals surface area contributed by atoms with E-state index < -0.39 is 18.0 Å². The van der Waals surface area contributed by atoms with E-state index in [1.807, 2.05) is 60.7 Å². The fourth-order valence-corrected chi connectivity index (χ4v) is 3.77. The molecule has 4 rings (SSSR count). The van der Waals surface area contributed by atoms with E-state index in [1.165, 1.54) is 35.4 Å². The fourth-order valence-electron chi connectivity index (χ4n) is 3.59. The van der Waals surface area contributed by atoms with E-state index in [0.717, 1.165) is 11.1 Å². The highest BCUT2D eigenvalue weighted by atomic mass is 32.1. The Labute approximate surface area is 203 Å². The van der Waals surface area contributed by atoms with Crippen molar-refractivity contribution in [1.82, 2.24) is 10.0 Å². The number of hydrogen-bond donors (Lipinski definition) is 0. The van der Waals surface area contributed by atoms with Crippen molar-refractivity contribution in [2.24, 2.45) is 0 Å². The van der Waals surface area contributed by atoms with Gasteiger partial charge in [-0.3, -0.25) is 9.59 Å². The van der Waals surface area contributed by atoms with Gasteiger partial charge in [0.25, 0.3) is 11.8 Å². The summed E-state index contributed by atoms with van der Waals surface area (Å²) in [6.07, 6.45) is 2.61. The summed E-state index contributed by atoms with van der Waals surface area (Å²) < 4.78 is 5.87. The first-order valence-corrected chi connectivity index (χ1v) is 11.1. The SMILES string of the molecule is CN(C(=O)c1ccc(C(=O)OC(c2ccccc2)c2ccccc2)cc1)N1C=CC(=S)CC1=O. The smallest absolute Gasteiger partial charge is 0.339 e. The van der Waals surface area contributed by atoms with Gasteiger partial charge in [0.1, 0.15) is 0 Å². The van der Waals surface area contributed by atoms with Crippen molar-refractivity contribution in [3.63, 3.8) is 0 Å². The number of amides is 2. The molecule has 1 heterocycles. The minimum Gasteiger partial charge on any atom is -0.449 e. The lowest BCUT2D eigenvalue weighted by Gasteiger charge is -2.30. The molecule has 2 amide bonds. The van der Waals surface area contributed by atoms with E-state index >= 15 is 0 Å². The molecule has 0 atom stereocenters. The van der Waals surface area contributed by atoms with Crippen molar-refractivity contribution in [1.29, 1.82) is 0 Å². The minimum absolute atomic E-state index is 0.0816. The summed E-state index contributed by atoms with van der Waals surface area (Å²) in [7, 11) is 1.51. The van der Waals surface area contributed by atoms with Crippen LogP contribution in [0.2, 0.25) is 0 Å². The van der Waals surface area contributed by atoms with Crippen LogP contribution in [0.25, 0.3) is 0 Å². The molecule has 0 fully saturated rings. The Balaban J connectivity index is 1.50. The molecule has 1 aliphatic heterocycles. The molecule has 0 aromatic heterocycles. The summed E-state index contributed by atoms with van der Waals surface area (Å²) >= 11 is 5.03. The first kappa shape index (κ1) is 23.1. The zero-order valence-electron chi connectivity index (χ0n) is 18.5. The predicted molar refractivity (Wildman–Crippen MR) is 132 cm³/mol. The third-order valence-electron chi connectivity index (χ3n) is 5.40. The summed E-state index contributed by atoms with van der Waals surface area (Å²) in [6.45, 7) is 0. The van der Waals surface area contributed by atoms with Crippen LogP contribution in [0.5, 0.6) is 0 Å². The van der Waals surface area contributed by atoms with Crippen LogP contribution in [0.3, 0.4) is 0 Å². The van der Waals surface area contributed by atoms with Gasteiger partial charge >= 0.3 is 5.97 Å². The van der Waals surface area contributed by atoms with Gasteiger partial charge in [-0.05, 0) is 41.5 Å². The van der Waals surface area contributed by atoms with Crippen molar-refractivity contribution in [2.75, 3.05) is 7.05 Å². The lowest BCUT2D eigenvalue weighted by Crippen LogP contribution is -2.46. The normalized spacial score (nSPS) is 13.2. The third-order valence-corrected chi connectivity index (χ3v) is 5.68. The second-order valence-corrected chi connectivity index (χ2v) is 8.23. The number of carbonyl (C=O) groups excluding carboxylic acids is 3. The van der Waals surface area contributed by atoms with Crippen molar-refractivity contribution in [2.45, 2.75) is 12.5 Å². The molecular formula is C27H22N2O4S. The topological polar surface area (TPSA) is 66.9 Å². The van der Waals surface area contributed by atoms with E-state index in [9.17, 15) is 14.4 Å². The van der Waals surface area contributed by atoms with E-state index in [-0.39, 0.29) is 12.3 Å². The molecule has 7 heteroatoms. The van der Waals surface area contributed by atoms with E-state index in [0.29, 0.717) is 16.0 Å². The molecule has 0 radical (unpaired) electrons. The second kappa shape index (κ2) is 10.2. The van der Waals surface area contributed by atoms with Gasteiger partial charge in [-0.2, -0.15) is 0 Å². The predicted octanol–water partition coefficient (Wildman–Crippen LogP) is 4.74. The van der Waals surface area contributed by atoms with Gasteiger partial charge in [-0.15, -0.1) is 0 Å². The highest BCUT2D eigenvalue weighted by molar-refractivity contribution is 7.80. The molecule has 0 spiro atoms. The summed E-state index contributed by atoms with van der Waals surface area (Å²) in [5.74, 6) is -1.18. The van der Waals surface area contributed by atoms with Gasteiger partial charge < -0.3 is 4.74 Å². The number of carbonyl (C=O) groups is 3.